The summed E-state index contributed by atoms with van der Waals surface area (Å²) in [5.41, 5.74) is 19.3. The number of benzene rings is 3. The molecule has 47 nitrogen and oxygen atoms in total. The third-order valence-corrected chi connectivity index (χ3v) is 28.5. The molecule has 756 valence electrons. The highest BCUT2D eigenvalue weighted by atomic mass is 35.5. The van der Waals surface area contributed by atoms with E-state index in [2.05, 4.69) is 40.3 Å². The van der Waals surface area contributed by atoms with Crippen LogP contribution in [0.5, 0.6) is 17.2 Å². The van der Waals surface area contributed by atoms with Crippen LogP contribution in [0.25, 0.3) is 0 Å². The number of hydrogen-bond donors (Lipinski definition) is 11. The maximum Gasteiger partial charge on any atom is 0.459 e. The Morgan fingerprint density at radius 2 is 0.672 bits per heavy atom. The molecule has 137 heavy (non-hydrogen) atoms. The number of esters is 4. The molecule has 5 saturated heterocycles. The fourth-order valence-electron chi connectivity index (χ4n) is 13.5. The fourth-order valence-corrected chi connectivity index (χ4v) is 21.1. The molecule has 5 aliphatic heterocycles. The van der Waals surface area contributed by atoms with Gasteiger partial charge in [0.05, 0.1) is 50.8 Å². The van der Waals surface area contributed by atoms with Gasteiger partial charge < -0.3 is 89.7 Å². The second-order valence-corrected chi connectivity index (χ2v) is 43.5. The summed E-state index contributed by atoms with van der Waals surface area (Å²) >= 11 is 26.3. The van der Waals surface area contributed by atoms with Gasteiger partial charge in [-0.3, -0.25) is 60.1 Å². The standard InChI is InChI=1S/3C22H30ClN4O8P.C16H24ClN4O7P/c3*1-13(2)33-19(29)14(3)26-36(31,35-15-8-6-5-7-9-15)32-12-16-18(28)22(4,23)20(34-16)27-11-10-17(24)25-21(27)30;1-8(2)26-13(22)9(3)20-29(24)25-7-10-12(28-29)16(4,17)14(27-10)21-6-5-11(18)19-15(21)23/h3*5-11,13-14,16,18,20,28H,12H2,1-4H3,(H,26,31)(H2,24,25,30);5-6,8-10,12,14H,7H2,1-4H3,(H,20,24)(H2,18,19,23)/t14-,16+,18+,20+,22+,36+;14-,16+,18+,20+,22+,36-;14-,16-,18-,20-,22-,36-;9?,10-,12-,14-,16-,29?/m0011/s1. The van der Waals surface area contributed by atoms with Crippen molar-refractivity contribution >= 4 is 125 Å². The third kappa shape index (κ3) is 29.6. The van der Waals surface area contributed by atoms with Gasteiger partial charge in [-0.05, 0) is 171 Å². The molecular formula is C82H114Cl4N16O31P4. The summed E-state index contributed by atoms with van der Waals surface area (Å²) < 4.78 is 147. The van der Waals surface area contributed by atoms with Crippen LogP contribution in [0, 0.1) is 0 Å². The molecule has 9 heterocycles. The van der Waals surface area contributed by atoms with Gasteiger partial charge in [0.2, 0.25) is 0 Å². The van der Waals surface area contributed by atoms with Gasteiger partial charge in [0.25, 0.3) is 0 Å². The van der Waals surface area contributed by atoms with Crippen LogP contribution in [0.15, 0.2) is 159 Å². The van der Waals surface area contributed by atoms with Crippen LogP contribution >= 0.6 is 77.4 Å². The Bertz CT molecular complexity index is 5320. The van der Waals surface area contributed by atoms with E-state index in [1.807, 2.05) is 0 Å². The average Bonchev–Trinajstić information content (AvgIpc) is 1.48. The lowest BCUT2D eigenvalue weighted by Gasteiger charge is -2.36. The van der Waals surface area contributed by atoms with E-state index in [1.54, 1.807) is 153 Å². The maximum atomic E-state index is 13.6. The van der Waals surface area contributed by atoms with E-state index in [4.69, 9.17) is 143 Å². The molecule has 0 amide bonds. The Hall–Kier alpha value is -8.90. The van der Waals surface area contributed by atoms with Crippen molar-refractivity contribution in [2.24, 2.45) is 0 Å². The van der Waals surface area contributed by atoms with Crippen molar-refractivity contribution in [3.63, 3.8) is 0 Å². The number of anilines is 4. The van der Waals surface area contributed by atoms with E-state index in [9.17, 15) is 71.9 Å². The number of ether oxygens (including phenoxy) is 8. The summed E-state index contributed by atoms with van der Waals surface area (Å²) in [7, 11) is -16.5. The Kier molecular flexibility index (Phi) is 38.4. The molecule has 7 aromatic rings. The average molecular weight is 2090 g/mol. The minimum absolute atomic E-state index is 0.0149. The lowest BCUT2D eigenvalue weighted by molar-refractivity contribution is -0.150. The second kappa shape index (κ2) is 47.1. The Balaban J connectivity index is 0.000000205. The summed E-state index contributed by atoms with van der Waals surface area (Å²) in [6, 6.07) is 26.1. The summed E-state index contributed by atoms with van der Waals surface area (Å²) in [4.78, 5) is 107. The molecule has 5 aliphatic rings. The molecule has 0 radical (unpaired) electrons. The predicted molar refractivity (Wildman–Crippen MR) is 498 cm³/mol. The Morgan fingerprint density at radius 3 is 0.920 bits per heavy atom. The number of alkyl halides is 4. The van der Waals surface area contributed by atoms with Gasteiger partial charge in [-0.1, -0.05) is 54.6 Å². The van der Waals surface area contributed by atoms with Gasteiger partial charge in [0.15, 0.2) is 24.9 Å². The number of carbonyl (C=O) groups excluding carboxylic acids is 4. The molecule has 0 spiro atoms. The first-order valence-corrected chi connectivity index (χ1v) is 50.2. The van der Waals surface area contributed by atoms with E-state index in [0.29, 0.717) is 0 Å². The molecule has 55 heteroatoms. The van der Waals surface area contributed by atoms with E-state index in [0.717, 1.165) is 13.7 Å². The van der Waals surface area contributed by atoms with Crippen LogP contribution in [0.2, 0.25) is 0 Å². The number of fused-ring (bicyclic) bond motifs is 1. The summed E-state index contributed by atoms with van der Waals surface area (Å²) in [6.45, 7) is 23.9. The van der Waals surface area contributed by atoms with Crippen molar-refractivity contribution in [1.29, 1.82) is 0 Å². The number of para-hydroxylation sites is 3. The first kappa shape index (κ1) is 112. The molecular weight excluding hydrogens is 1970 g/mol. The predicted octanol–water partition coefficient (Wildman–Crippen LogP) is 7.82. The van der Waals surface area contributed by atoms with E-state index in [-0.39, 0.29) is 71.5 Å². The number of hydrogen-bond acceptors (Lipinski definition) is 39. The number of aliphatic hydroxyl groups is 3. The second-order valence-electron chi connectivity index (χ2n) is 33.5. The number of nitrogens with zero attached hydrogens (tertiary/aromatic N) is 8. The SMILES string of the molecule is CC(C)OC(=O)C(C)NP1(=O)OC[C@H]2O[C@@H](n3ccc(N)nc3=O)[C@](C)(Cl)[C@@H]2O1.CC(C)OC(=O)[C@@H](C)N[P@@](=O)(OC[C@H]1O[C@@H](n2ccc(N)nc2=O)[C@](C)(Cl)[C@@H]1O)Oc1ccccc1.CC(C)OC(=O)[C@H](C)N[P@@](=O)(OC[C@H]1O[C@@H](n2ccc(N)nc2=O)[C@](C)(Cl)[C@@H]1O)Oc1ccccc1.CC(C)OC(=O)[C@H](C)N[P@](=O)(OC[C@H]1O[C@@H](n2ccc(N)nc2=O)[C@](C)(Cl)[C@@H]1O)Oc1ccccc1. The summed E-state index contributed by atoms with van der Waals surface area (Å²) in [6.07, 6.45) is -9.35. The number of aromatic nitrogens is 8. The van der Waals surface area contributed by atoms with Gasteiger partial charge >= 0.3 is 77.6 Å². The number of aliphatic hydroxyl groups excluding tert-OH is 3. The van der Waals surface area contributed by atoms with Crippen molar-refractivity contribution in [2.45, 2.75) is 253 Å². The Labute approximate surface area is 806 Å². The normalized spacial score (nSPS) is 28.3. The van der Waals surface area contributed by atoms with Crippen molar-refractivity contribution in [3.05, 3.63) is 182 Å². The smallest absolute Gasteiger partial charge is 0.459 e. The van der Waals surface area contributed by atoms with Crippen LogP contribution in [-0.2, 0) is 98.0 Å². The van der Waals surface area contributed by atoms with Crippen LogP contribution in [0.3, 0.4) is 0 Å². The minimum atomic E-state index is -4.21. The van der Waals surface area contributed by atoms with Gasteiger partial charge in [0, 0.05) is 24.8 Å². The van der Waals surface area contributed by atoms with Crippen LogP contribution in [-0.4, -0.2) is 221 Å². The van der Waals surface area contributed by atoms with Crippen molar-refractivity contribution in [1.82, 2.24) is 58.6 Å². The first-order valence-electron chi connectivity index (χ1n) is 42.5. The van der Waals surface area contributed by atoms with Crippen LogP contribution in [0.4, 0.5) is 23.3 Å². The fraction of sp³-hybridized carbons (Fsp3) is 0.537. The molecule has 0 aliphatic carbocycles. The van der Waals surface area contributed by atoms with Crippen molar-refractivity contribution < 1.29 is 127 Å². The molecule has 2 unspecified atom stereocenters. The maximum absolute atomic E-state index is 13.6. The van der Waals surface area contributed by atoms with Gasteiger partial charge in [-0.25, -0.2) is 42.5 Å². The summed E-state index contributed by atoms with van der Waals surface area (Å²) in [5.74, 6) is -1.83. The molecule has 5 fully saturated rings. The zero-order valence-electron chi connectivity index (χ0n) is 77.1. The molecule has 15 N–H and O–H groups in total. The number of carbonyl (C=O) groups is 4. The largest absolute Gasteiger partial charge is 0.462 e. The lowest BCUT2D eigenvalue weighted by Crippen LogP contribution is -2.47. The van der Waals surface area contributed by atoms with E-state index < -0.39 is 215 Å². The number of nitrogens with one attached hydrogen (secondary N) is 4. The molecule has 3 aromatic carbocycles. The van der Waals surface area contributed by atoms with E-state index >= 15 is 0 Å². The van der Waals surface area contributed by atoms with E-state index in [1.165, 1.54) is 102 Å². The molecule has 24 atom stereocenters. The minimum Gasteiger partial charge on any atom is -0.462 e. The van der Waals surface area contributed by atoms with Crippen LogP contribution < -0.4 is 79.6 Å². The highest BCUT2D eigenvalue weighted by molar-refractivity contribution is 7.53. The number of nitrogens with two attached hydrogens (primary N) is 4. The molecule has 12 rings (SSSR count). The number of halogens is 4. The zero-order chi connectivity index (χ0) is 102. The molecule has 4 aromatic heterocycles. The van der Waals surface area contributed by atoms with Crippen molar-refractivity contribution in [2.75, 3.05) is 49.4 Å². The molecule has 0 bridgehead atoms. The highest BCUT2D eigenvalue weighted by Gasteiger charge is 2.61. The van der Waals surface area contributed by atoms with Crippen molar-refractivity contribution in [3.8, 4) is 17.2 Å². The van der Waals surface area contributed by atoms with Crippen LogP contribution in [0.1, 0.15) is 136 Å². The first-order chi connectivity index (χ1) is 63.9. The van der Waals surface area contributed by atoms with Gasteiger partial charge in [0.1, 0.15) is 133 Å². The molecule has 0 saturated carbocycles. The number of nitrogen functional groups attached to an aromatic ring is 4. The van der Waals surface area contributed by atoms with Gasteiger partial charge in [-0.15, -0.1) is 46.4 Å². The quantitative estimate of drug-likeness (QED) is 0.00780. The topological polar surface area (TPSA) is 637 Å². The Morgan fingerprint density at radius 1 is 0.423 bits per heavy atom. The monoisotopic (exact) mass is 2080 g/mol. The highest BCUT2D eigenvalue weighted by Crippen LogP contribution is 2.58. The summed E-state index contributed by atoms with van der Waals surface area (Å²) in [5, 5.41) is 42.7. The lowest BCUT2D eigenvalue weighted by atomic mass is 10.0. The third-order valence-electron chi connectivity index (χ3n) is 20.3. The number of rotatable bonds is 35. The van der Waals surface area contributed by atoms with Gasteiger partial charge in [-0.2, -0.15) is 35.2 Å². The zero-order valence-corrected chi connectivity index (χ0v) is 83.7.